The molecule has 1 heterocycles. The van der Waals surface area contributed by atoms with E-state index in [1.54, 1.807) is 19.1 Å². The third-order valence-corrected chi connectivity index (χ3v) is 3.71. The van der Waals surface area contributed by atoms with Gasteiger partial charge < -0.3 is 9.52 Å². The highest BCUT2D eigenvalue weighted by molar-refractivity contribution is 6.83. The number of aromatic carboxylic acids is 1. The molecule has 0 atom stereocenters. The summed E-state index contributed by atoms with van der Waals surface area (Å²) < 4.78 is 5.18. The second-order valence-electron chi connectivity index (χ2n) is 5.96. The van der Waals surface area contributed by atoms with Gasteiger partial charge in [-0.1, -0.05) is 25.6 Å². The molecule has 108 valence electrons. The number of fused-ring (bicyclic) bond motifs is 1. The number of carboxylic acid groups (broad SMARTS) is 1. The summed E-state index contributed by atoms with van der Waals surface area (Å²) in [6.45, 7) is 7.89. The number of benzene rings is 1. The SMILES string of the molecule is Cc1cc2c(C(=O)O)cc(C#C[Si](C)(C)C)cc2oc1=O. The zero-order valence-corrected chi connectivity index (χ0v) is 13.4. The van der Waals surface area contributed by atoms with Crippen molar-refractivity contribution in [2.45, 2.75) is 26.6 Å². The summed E-state index contributed by atoms with van der Waals surface area (Å²) in [5, 5.41) is 9.75. The fourth-order valence-electron chi connectivity index (χ4n) is 1.82. The molecule has 0 saturated heterocycles. The van der Waals surface area contributed by atoms with Crippen LogP contribution in [0.25, 0.3) is 11.0 Å². The molecule has 2 aromatic rings. The zero-order chi connectivity index (χ0) is 15.8. The van der Waals surface area contributed by atoms with Gasteiger partial charge in [-0.25, -0.2) is 9.59 Å². The van der Waals surface area contributed by atoms with Crippen molar-refractivity contribution in [3.05, 3.63) is 45.3 Å². The molecule has 1 aromatic carbocycles. The van der Waals surface area contributed by atoms with Crippen molar-refractivity contribution in [1.29, 1.82) is 0 Å². The fourth-order valence-corrected chi connectivity index (χ4v) is 2.34. The first-order valence-electron chi connectivity index (χ1n) is 6.52. The van der Waals surface area contributed by atoms with Crippen LogP contribution in [0.4, 0.5) is 0 Å². The lowest BCUT2D eigenvalue weighted by molar-refractivity contribution is 0.0699. The van der Waals surface area contributed by atoms with Crippen molar-refractivity contribution in [3.63, 3.8) is 0 Å². The molecule has 4 nitrogen and oxygen atoms in total. The molecule has 0 bridgehead atoms. The van der Waals surface area contributed by atoms with Gasteiger partial charge in [0.1, 0.15) is 13.7 Å². The third kappa shape index (κ3) is 3.41. The Labute approximate surface area is 123 Å². The smallest absolute Gasteiger partial charge is 0.339 e. The predicted molar refractivity (Wildman–Crippen MR) is 84.4 cm³/mol. The molecule has 0 saturated carbocycles. The minimum atomic E-state index is -1.57. The van der Waals surface area contributed by atoms with Gasteiger partial charge in [-0.2, -0.15) is 0 Å². The Morgan fingerprint density at radius 1 is 1.24 bits per heavy atom. The average Bonchev–Trinajstić information content (AvgIpc) is 2.36. The lowest BCUT2D eigenvalue weighted by Crippen LogP contribution is -2.16. The normalized spacial score (nSPS) is 11.0. The highest BCUT2D eigenvalue weighted by Gasteiger charge is 2.14. The Morgan fingerprint density at radius 3 is 2.48 bits per heavy atom. The van der Waals surface area contributed by atoms with Crippen LogP contribution in [0.15, 0.2) is 27.4 Å². The highest BCUT2D eigenvalue weighted by atomic mass is 28.3. The van der Waals surface area contributed by atoms with Crippen molar-refractivity contribution in [1.82, 2.24) is 0 Å². The largest absolute Gasteiger partial charge is 0.478 e. The van der Waals surface area contributed by atoms with E-state index in [0.29, 0.717) is 16.5 Å². The maximum absolute atomic E-state index is 11.6. The maximum atomic E-state index is 11.6. The number of carbonyl (C=O) groups is 1. The van der Waals surface area contributed by atoms with E-state index in [0.717, 1.165) is 0 Å². The van der Waals surface area contributed by atoms with Crippen molar-refractivity contribution >= 4 is 25.0 Å². The standard InChI is InChI=1S/C16H16O4Si/c1-10-7-12-13(15(17)18)8-11(5-6-21(2,3)4)9-14(12)20-16(10)19/h7-9H,1-4H3,(H,17,18). The molecule has 1 aromatic heterocycles. The molecule has 0 amide bonds. The lowest BCUT2D eigenvalue weighted by atomic mass is 10.0. The van der Waals surface area contributed by atoms with Crippen molar-refractivity contribution in [3.8, 4) is 11.5 Å². The summed E-state index contributed by atoms with van der Waals surface area (Å²) in [5.74, 6) is 1.93. The van der Waals surface area contributed by atoms with E-state index < -0.39 is 19.7 Å². The second kappa shape index (κ2) is 5.22. The minimum Gasteiger partial charge on any atom is -0.478 e. The van der Waals surface area contributed by atoms with E-state index in [9.17, 15) is 14.7 Å². The molecule has 21 heavy (non-hydrogen) atoms. The van der Waals surface area contributed by atoms with E-state index in [2.05, 4.69) is 31.1 Å². The van der Waals surface area contributed by atoms with E-state index in [4.69, 9.17) is 4.42 Å². The van der Waals surface area contributed by atoms with Crippen LogP contribution in [0, 0.1) is 18.4 Å². The van der Waals surface area contributed by atoms with Crippen molar-refractivity contribution in [2.75, 3.05) is 0 Å². The highest BCUT2D eigenvalue weighted by Crippen LogP contribution is 2.21. The molecule has 0 aliphatic rings. The predicted octanol–water partition coefficient (Wildman–Crippen LogP) is 3.03. The monoisotopic (exact) mass is 300 g/mol. The third-order valence-electron chi connectivity index (χ3n) is 2.84. The number of rotatable bonds is 1. The van der Waals surface area contributed by atoms with Crippen LogP contribution < -0.4 is 5.63 Å². The summed E-state index contributed by atoms with van der Waals surface area (Å²) >= 11 is 0. The number of hydrogen-bond acceptors (Lipinski definition) is 3. The molecule has 5 heteroatoms. The van der Waals surface area contributed by atoms with Crippen LogP contribution in [-0.2, 0) is 0 Å². The molecule has 0 spiro atoms. The van der Waals surface area contributed by atoms with Crippen molar-refractivity contribution < 1.29 is 14.3 Å². The Hall–Kier alpha value is -2.32. The van der Waals surface area contributed by atoms with E-state index >= 15 is 0 Å². The molecule has 0 aliphatic carbocycles. The first-order valence-corrected chi connectivity index (χ1v) is 10.0. The van der Waals surface area contributed by atoms with Gasteiger partial charge in [0, 0.05) is 16.5 Å². The Kier molecular flexibility index (Phi) is 3.75. The topological polar surface area (TPSA) is 67.5 Å². The maximum Gasteiger partial charge on any atom is 0.339 e. The van der Waals surface area contributed by atoms with Gasteiger partial charge in [-0.15, -0.1) is 5.54 Å². The summed E-state index contributed by atoms with van der Waals surface area (Å²) in [6.07, 6.45) is 0. The molecule has 0 radical (unpaired) electrons. The summed E-state index contributed by atoms with van der Waals surface area (Å²) in [6, 6.07) is 4.69. The summed E-state index contributed by atoms with van der Waals surface area (Å²) in [4.78, 5) is 23.0. The number of aryl methyl sites for hydroxylation is 1. The van der Waals surface area contributed by atoms with Gasteiger partial charge >= 0.3 is 11.6 Å². The van der Waals surface area contributed by atoms with Crippen LogP contribution in [0.3, 0.4) is 0 Å². The van der Waals surface area contributed by atoms with Gasteiger partial charge in [-0.3, -0.25) is 0 Å². The van der Waals surface area contributed by atoms with Gasteiger partial charge in [0.25, 0.3) is 0 Å². The molecule has 0 fully saturated rings. The molecular weight excluding hydrogens is 284 g/mol. The molecular formula is C16H16O4Si. The summed E-state index contributed by atoms with van der Waals surface area (Å²) in [7, 11) is -1.57. The van der Waals surface area contributed by atoms with Gasteiger partial charge in [0.05, 0.1) is 5.56 Å². The van der Waals surface area contributed by atoms with Crippen LogP contribution in [0.2, 0.25) is 19.6 Å². The van der Waals surface area contributed by atoms with E-state index in [-0.39, 0.29) is 11.1 Å². The van der Waals surface area contributed by atoms with E-state index in [1.807, 2.05) is 0 Å². The Bertz CT molecular complexity index is 845. The Morgan fingerprint density at radius 2 is 1.90 bits per heavy atom. The molecule has 1 N–H and O–H groups in total. The van der Waals surface area contributed by atoms with Crippen LogP contribution in [0.1, 0.15) is 21.5 Å². The summed E-state index contributed by atoms with van der Waals surface area (Å²) in [5.41, 5.74) is 3.99. The van der Waals surface area contributed by atoms with Crippen LogP contribution in [0.5, 0.6) is 0 Å². The van der Waals surface area contributed by atoms with Gasteiger partial charge in [0.2, 0.25) is 0 Å². The molecule has 0 unspecified atom stereocenters. The number of carboxylic acids is 1. The fraction of sp³-hybridized carbons (Fsp3) is 0.250. The van der Waals surface area contributed by atoms with E-state index in [1.165, 1.54) is 6.07 Å². The minimum absolute atomic E-state index is 0.0965. The first kappa shape index (κ1) is 15.1. The van der Waals surface area contributed by atoms with Crippen molar-refractivity contribution in [2.24, 2.45) is 0 Å². The molecule has 0 aliphatic heterocycles. The van der Waals surface area contributed by atoms with Gasteiger partial charge in [-0.05, 0) is 25.1 Å². The Balaban J connectivity index is 2.76. The lowest BCUT2D eigenvalue weighted by Gasteiger charge is -2.06. The van der Waals surface area contributed by atoms with Crippen LogP contribution >= 0.6 is 0 Å². The molecule has 2 rings (SSSR count). The number of hydrogen-bond donors (Lipinski definition) is 1. The zero-order valence-electron chi connectivity index (χ0n) is 12.4. The second-order valence-corrected chi connectivity index (χ2v) is 10.7. The first-order chi connectivity index (χ1) is 9.67. The average molecular weight is 300 g/mol. The quantitative estimate of drug-likeness (QED) is 0.499. The van der Waals surface area contributed by atoms with Gasteiger partial charge in [0.15, 0.2) is 0 Å². The van der Waals surface area contributed by atoms with Crippen LogP contribution in [-0.4, -0.2) is 19.1 Å².